The van der Waals surface area contributed by atoms with Crippen LogP contribution in [0.1, 0.15) is 74.9 Å². The highest BCUT2D eigenvalue weighted by molar-refractivity contribution is 7.92. The summed E-state index contributed by atoms with van der Waals surface area (Å²) in [6.07, 6.45) is 9.98. The molecule has 52 heavy (non-hydrogen) atoms. The fourth-order valence-corrected chi connectivity index (χ4v) is 9.55. The Morgan fingerprint density at radius 2 is 1.85 bits per heavy atom. The molecule has 1 aliphatic carbocycles. The second kappa shape index (κ2) is 16.4. The molecule has 2 bridgehead atoms. The predicted octanol–water partition coefficient (Wildman–Crippen LogP) is 6.43. The second-order valence-corrected chi connectivity index (χ2v) is 16.5. The van der Waals surface area contributed by atoms with Gasteiger partial charge < -0.3 is 23.7 Å². The van der Waals surface area contributed by atoms with E-state index in [2.05, 4.69) is 20.1 Å². The summed E-state index contributed by atoms with van der Waals surface area (Å²) in [7, 11) is 1.18. The van der Waals surface area contributed by atoms with E-state index in [0.29, 0.717) is 42.7 Å². The summed E-state index contributed by atoms with van der Waals surface area (Å²) >= 11 is 6.46. The van der Waals surface area contributed by atoms with Crippen LogP contribution in [-0.2, 0) is 39.4 Å². The third-order valence-corrected chi connectivity index (χ3v) is 12.7. The first-order valence-electron chi connectivity index (χ1n) is 17.8. The monoisotopic (exact) mass is 750 g/mol. The smallest absolute Gasteiger partial charge is 0.286 e. The van der Waals surface area contributed by atoms with Gasteiger partial charge in [0, 0.05) is 51.1 Å². The number of ether oxygens (including phenoxy) is 3. The minimum atomic E-state index is -3.72. The second-order valence-electron chi connectivity index (χ2n) is 14.1. The van der Waals surface area contributed by atoms with Gasteiger partial charge in [-0.1, -0.05) is 36.7 Å². The van der Waals surface area contributed by atoms with Gasteiger partial charge in [0.1, 0.15) is 15.7 Å². The molecule has 3 aromatic rings. The number of aryl methyl sites for hydroxylation is 2. The van der Waals surface area contributed by atoms with E-state index in [0.717, 1.165) is 43.4 Å². The Labute approximate surface area is 311 Å². The van der Waals surface area contributed by atoms with Crippen LogP contribution in [0.15, 0.2) is 65.2 Å². The summed E-state index contributed by atoms with van der Waals surface area (Å²) in [6.45, 7) is 3.58. The molecule has 13 heteroatoms. The van der Waals surface area contributed by atoms with E-state index in [-0.39, 0.29) is 34.6 Å². The van der Waals surface area contributed by atoms with E-state index in [1.54, 1.807) is 39.5 Å². The van der Waals surface area contributed by atoms with E-state index >= 15 is 0 Å². The first kappa shape index (κ1) is 37.8. The van der Waals surface area contributed by atoms with Gasteiger partial charge in [-0.2, -0.15) is 0 Å². The standard InChI is InChI=1S/C39H47ClN4O7S/c1-25-24-52(48,42-39(47)30-18-32(23-45)43(2)20-30)41-38(46)27-10-13-37-34(19-27)44(21-28-8-11-31(40)17-26(28)7-5-6-16-51-37)22-29-9-12-33(29)36(50-4)15-14-35(25)49-3/h8,10-11,13-15,17-20,23,25,29,33,35-36H,5-7,9,12,16,21-22,24H2,1-4H3,(H,41,42,46,47,48)/b15-14+/t25-,29+,33-,35+,36+,52+/m1/s1. The van der Waals surface area contributed by atoms with E-state index in [1.165, 1.54) is 22.4 Å². The molecule has 0 unspecified atom stereocenters. The highest BCUT2D eigenvalue weighted by Crippen LogP contribution is 2.42. The number of aromatic nitrogens is 1. The molecule has 278 valence electrons. The molecule has 3 aliphatic rings. The number of hydrogen-bond donors (Lipinski definition) is 1. The van der Waals surface area contributed by atoms with Gasteiger partial charge in [-0.15, -0.1) is 4.36 Å². The Morgan fingerprint density at radius 3 is 2.56 bits per heavy atom. The van der Waals surface area contributed by atoms with Crippen molar-refractivity contribution in [2.45, 2.75) is 57.8 Å². The molecule has 1 saturated carbocycles. The van der Waals surface area contributed by atoms with Crippen LogP contribution < -0.4 is 14.4 Å². The highest BCUT2D eigenvalue weighted by atomic mass is 35.5. The van der Waals surface area contributed by atoms with Gasteiger partial charge in [0.15, 0.2) is 6.29 Å². The lowest BCUT2D eigenvalue weighted by Crippen LogP contribution is -2.43. The number of halogens is 1. The summed E-state index contributed by atoms with van der Waals surface area (Å²) in [6, 6.07) is 12.6. The number of rotatable bonds is 5. The lowest BCUT2D eigenvalue weighted by Gasteiger charge is -2.43. The minimum Gasteiger partial charge on any atom is -0.491 e. The molecule has 3 heterocycles. The Balaban J connectivity index is 1.47. The first-order chi connectivity index (χ1) is 25.0. The summed E-state index contributed by atoms with van der Waals surface area (Å²) in [5.74, 6) is -0.879. The number of fused-ring (bicyclic) bond motifs is 3. The number of aldehydes is 1. The summed E-state index contributed by atoms with van der Waals surface area (Å²) < 4.78 is 41.3. The zero-order chi connectivity index (χ0) is 37.0. The van der Waals surface area contributed by atoms with Crippen molar-refractivity contribution in [2.75, 3.05) is 38.0 Å². The number of amides is 2. The molecule has 0 saturated heterocycles. The van der Waals surface area contributed by atoms with Crippen molar-refractivity contribution in [2.24, 2.45) is 29.2 Å². The predicted molar refractivity (Wildman–Crippen MR) is 202 cm³/mol. The molecule has 2 amide bonds. The lowest BCUT2D eigenvalue weighted by molar-refractivity contribution is 0.0122. The summed E-state index contributed by atoms with van der Waals surface area (Å²) in [5.41, 5.74) is 3.67. The van der Waals surface area contributed by atoms with Gasteiger partial charge in [-0.25, -0.2) is 4.21 Å². The van der Waals surface area contributed by atoms with Crippen molar-refractivity contribution in [3.05, 3.63) is 93.8 Å². The molecular formula is C39H47ClN4O7S. The number of hydrogen-bond acceptors (Lipinski definition) is 8. The Kier molecular flexibility index (Phi) is 11.9. The van der Waals surface area contributed by atoms with Gasteiger partial charge in [-0.3, -0.25) is 19.1 Å². The van der Waals surface area contributed by atoms with Crippen molar-refractivity contribution < 1.29 is 32.8 Å². The third kappa shape index (κ3) is 8.46. The normalized spacial score (nSPS) is 27.4. The molecule has 1 aromatic heterocycles. The van der Waals surface area contributed by atoms with Crippen molar-refractivity contribution in [1.29, 1.82) is 0 Å². The summed E-state index contributed by atoms with van der Waals surface area (Å²) in [5, 5.41) is 0.692. The van der Waals surface area contributed by atoms with E-state index in [9.17, 15) is 18.6 Å². The molecule has 11 nitrogen and oxygen atoms in total. The van der Waals surface area contributed by atoms with Crippen LogP contribution in [0.25, 0.3) is 0 Å². The molecule has 1 fully saturated rings. The molecule has 0 spiro atoms. The zero-order valence-corrected chi connectivity index (χ0v) is 31.7. The van der Waals surface area contributed by atoms with Crippen LogP contribution in [-0.4, -0.2) is 72.2 Å². The average molecular weight is 751 g/mol. The number of methoxy groups -OCH3 is 2. The maximum atomic E-state index is 14.7. The highest BCUT2D eigenvalue weighted by Gasteiger charge is 2.38. The summed E-state index contributed by atoms with van der Waals surface area (Å²) in [4.78, 5) is 41.3. The molecule has 6 rings (SSSR count). The molecular weight excluding hydrogens is 704 g/mol. The van der Waals surface area contributed by atoms with Crippen molar-refractivity contribution in [3.8, 4) is 5.75 Å². The van der Waals surface area contributed by atoms with Crippen molar-refractivity contribution in [3.63, 3.8) is 0 Å². The van der Waals surface area contributed by atoms with Crippen molar-refractivity contribution in [1.82, 2.24) is 9.29 Å². The maximum absolute atomic E-state index is 14.7. The van der Waals surface area contributed by atoms with Gasteiger partial charge >= 0.3 is 0 Å². The zero-order valence-electron chi connectivity index (χ0n) is 30.1. The number of nitrogens with one attached hydrogen (secondary N) is 1. The van der Waals surface area contributed by atoms with Crippen LogP contribution in [0.3, 0.4) is 0 Å². The van der Waals surface area contributed by atoms with Crippen LogP contribution >= 0.6 is 11.6 Å². The van der Waals surface area contributed by atoms with Crippen molar-refractivity contribution >= 4 is 45.3 Å². The molecule has 6 atom stereocenters. The number of nitrogens with zero attached hydrogens (tertiary/aromatic N) is 3. The maximum Gasteiger partial charge on any atom is 0.286 e. The lowest BCUT2D eigenvalue weighted by atomic mass is 9.70. The van der Waals surface area contributed by atoms with Crippen LogP contribution in [0.5, 0.6) is 5.75 Å². The van der Waals surface area contributed by atoms with E-state index < -0.39 is 33.8 Å². The Bertz CT molecular complexity index is 1970. The average Bonchev–Trinajstić information content (AvgIpc) is 3.48. The number of carbonyl (C=O) groups is 3. The topological polar surface area (TPSA) is 129 Å². The number of benzene rings is 2. The van der Waals surface area contributed by atoms with Gasteiger partial charge in [0.2, 0.25) is 0 Å². The van der Waals surface area contributed by atoms with Crippen LogP contribution in [0.2, 0.25) is 5.02 Å². The van der Waals surface area contributed by atoms with Gasteiger partial charge in [0.25, 0.3) is 11.8 Å². The van der Waals surface area contributed by atoms with E-state index in [1.807, 2.05) is 31.2 Å². The fraction of sp³-hybridized carbons (Fsp3) is 0.462. The van der Waals surface area contributed by atoms with Crippen LogP contribution in [0.4, 0.5) is 5.69 Å². The molecule has 2 aromatic carbocycles. The number of anilines is 1. The number of carbonyl (C=O) groups excluding carboxylic acids is 3. The molecule has 0 radical (unpaired) electrons. The Morgan fingerprint density at radius 1 is 1.06 bits per heavy atom. The SMILES string of the molecule is CO[C@H]1/C=C/[C@H](OC)[C@H](C)C[S@@](=O)(NC(=O)c2cc(C=O)n(C)c2)=NC(=O)c2ccc3c(c2)N(Cc2ccc(Cl)cc2CCCCO3)C[C@@H]2CC[C@H]21. The van der Waals surface area contributed by atoms with Crippen LogP contribution in [0, 0.1) is 17.8 Å². The quantitative estimate of drug-likeness (QED) is 0.234. The largest absolute Gasteiger partial charge is 0.491 e. The molecule has 2 aliphatic heterocycles. The Hall–Kier alpha value is -3.97. The van der Waals surface area contributed by atoms with E-state index in [4.69, 9.17) is 25.8 Å². The first-order valence-corrected chi connectivity index (χ1v) is 19.8. The van der Waals surface area contributed by atoms with Gasteiger partial charge in [-0.05, 0) is 97.4 Å². The van der Waals surface area contributed by atoms with Gasteiger partial charge in [0.05, 0.1) is 41.5 Å². The minimum absolute atomic E-state index is 0.120. The fourth-order valence-electron chi connectivity index (χ4n) is 7.47. The molecule has 1 N–H and O–H groups in total. The third-order valence-electron chi connectivity index (χ3n) is 10.5.